The molecule has 0 amide bonds. The van der Waals surface area contributed by atoms with Gasteiger partial charge in [0.05, 0.1) is 5.69 Å². The average molecular weight is 190 g/mol. The zero-order chi connectivity index (χ0) is 8.27. The van der Waals surface area contributed by atoms with Crippen LogP contribution in [0.5, 0.6) is 0 Å². The summed E-state index contributed by atoms with van der Waals surface area (Å²) in [7, 11) is 0. The number of hydrogen-bond acceptors (Lipinski definition) is 1. The SMILES string of the molecule is N=C(Cl)/N=C(/Cl)c1ccc[nH]1. The summed E-state index contributed by atoms with van der Waals surface area (Å²) in [5.41, 5.74) is 0.650. The van der Waals surface area contributed by atoms with Crippen LogP contribution in [0.3, 0.4) is 0 Å². The molecule has 0 atom stereocenters. The lowest BCUT2D eigenvalue weighted by Crippen LogP contribution is -1.93. The van der Waals surface area contributed by atoms with E-state index in [2.05, 4.69) is 9.98 Å². The van der Waals surface area contributed by atoms with E-state index >= 15 is 0 Å². The number of halogens is 2. The van der Waals surface area contributed by atoms with E-state index in [9.17, 15) is 0 Å². The molecule has 3 nitrogen and oxygen atoms in total. The lowest BCUT2D eigenvalue weighted by Gasteiger charge is -1.90. The Kier molecular flexibility index (Phi) is 2.68. The number of rotatable bonds is 1. The second-order valence-corrected chi connectivity index (χ2v) is 2.49. The van der Waals surface area contributed by atoms with Crippen molar-refractivity contribution < 1.29 is 0 Å². The summed E-state index contributed by atoms with van der Waals surface area (Å²) < 4.78 is 0. The Morgan fingerprint density at radius 2 is 2.27 bits per heavy atom. The molecule has 0 fully saturated rings. The number of hydrogen-bond donors (Lipinski definition) is 2. The lowest BCUT2D eigenvalue weighted by atomic mass is 10.5. The average Bonchev–Trinajstić information content (AvgIpc) is 2.35. The second kappa shape index (κ2) is 3.55. The summed E-state index contributed by atoms with van der Waals surface area (Å²) in [4.78, 5) is 6.34. The summed E-state index contributed by atoms with van der Waals surface area (Å²) in [6.07, 6.45) is 1.71. The van der Waals surface area contributed by atoms with Crippen molar-refractivity contribution in [1.29, 1.82) is 5.41 Å². The van der Waals surface area contributed by atoms with Gasteiger partial charge in [-0.15, -0.1) is 0 Å². The molecule has 0 aliphatic carbocycles. The van der Waals surface area contributed by atoms with Crippen molar-refractivity contribution in [3.8, 4) is 0 Å². The van der Waals surface area contributed by atoms with Crippen LogP contribution in [0, 0.1) is 5.41 Å². The summed E-state index contributed by atoms with van der Waals surface area (Å²) in [5, 5.41) is 6.67. The van der Waals surface area contributed by atoms with E-state index in [4.69, 9.17) is 28.6 Å². The maximum absolute atomic E-state index is 6.81. The molecule has 0 aliphatic heterocycles. The first-order valence-corrected chi connectivity index (χ1v) is 3.58. The highest BCUT2D eigenvalue weighted by molar-refractivity contribution is 6.73. The molecule has 1 rings (SSSR count). The molecule has 1 heterocycles. The van der Waals surface area contributed by atoms with Crippen molar-refractivity contribution in [3.63, 3.8) is 0 Å². The third-order valence-corrected chi connectivity index (χ3v) is 1.39. The minimum absolute atomic E-state index is 0.190. The predicted molar refractivity (Wildman–Crippen MR) is 46.8 cm³/mol. The Hall–Kier alpha value is -0.800. The summed E-state index contributed by atoms with van der Waals surface area (Å²) in [6.45, 7) is 0. The number of nitrogens with zero attached hydrogens (tertiary/aromatic N) is 1. The van der Waals surface area contributed by atoms with E-state index < -0.39 is 0 Å². The molecule has 0 aromatic carbocycles. The molecule has 0 aliphatic rings. The first kappa shape index (κ1) is 8.30. The molecule has 2 N–H and O–H groups in total. The molecule has 0 bridgehead atoms. The molecule has 0 saturated carbocycles. The van der Waals surface area contributed by atoms with E-state index in [1.807, 2.05) is 0 Å². The van der Waals surface area contributed by atoms with Gasteiger partial charge in [0.2, 0.25) is 5.29 Å². The highest BCUT2D eigenvalue weighted by atomic mass is 35.5. The van der Waals surface area contributed by atoms with E-state index in [0.717, 1.165) is 0 Å². The van der Waals surface area contributed by atoms with Crippen molar-refractivity contribution in [2.45, 2.75) is 0 Å². The largest absolute Gasteiger partial charge is 0.359 e. The lowest BCUT2D eigenvalue weighted by molar-refractivity contribution is 1.37. The molecule has 1 aromatic heterocycles. The van der Waals surface area contributed by atoms with E-state index in [1.165, 1.54) is 0 Å². The first-order valence-electron chi connectivity index (χ1n) is 2.82. The van der Waals surface area contributed by atoms with Gasteiger partial charge in [-0.05, 0) is 23.7 Å². The fraction of sp³-hybridized carbons (Fsp3) is 0. The maximum atomic E-state index is 6.81. The quantitative estimate of drug-likeness (QED) is 0.387. The van der Waals surface area contributed by atoms with Crippen molar-refractivity contribution >= 4 is 33.7 Å². The number of aliphatic imine (C=N–C) groups is 1. The summed E-state index contributed by atoms with van der Waals surface area (Å²) >= 11 is 10.8. The highest BCUT2D eigenvalue weighted by Gasteiger charge is 1.99. The first-order chi connectivity index (χ1) is 5.20. The Labute approximate surface area is 73.6 Å². The monoisotopic (exact) mass is 189 g/mol. The summed E-state index contributed by atoms with van der Waals surface area (Å²) in [5.74, 6) is 0. The van der Waals surface area contributed by atoms with E-state index in [1.54, 1.807) is 18.3 Å². The van der Waals surface area contributed by atoms with Crippen LogP contribution in [0.4, 0.5) is 0 Å². The van der Waals surface area contributed by atoms with Crippen molar-refractivity contribution in [2.75, 3.05) is 0 Å². The van der Waals surface area contributed by atoms with Gasteiger partial charge in [-0.3, -0.25) is 5.41 Å². The minimum atomic E-state index is -0.329. The number of H-pyrrole nitrogens is 1. The second-order valence-electron chi connectivity index (χ2n) is 1.78. The van der Waals surface area contributed by atoms with Crippen LogP contribution < -0.4 is 0 Å². The Balaban J connectivity index is 2.86. The van der Waals surface area contributed by atoms with Crippen LogP contribution in [0.2, 0.25) is 0 Å². The van der Waals surface area contributed by atoms with Crippen molar-refractivity contribution in [2.24, 2.45) is 4.99 Å². The van der Waals surface area contributed by atoms with Gasteiger partial charge in [0.25, 0.3) is 0 Å². The van der Waals surface area contributed by atoms with Crippen LogP contribution in [0.1, 0.15) is 5.69 Å². The number of aromatic amines is 1. The van der Waals surface area contributed by atoms with Crippen LogP contribution in [-0.2, 0) is 0 Å². The third-order valence-electron chi connectivity index (χ3n) is 1.02. The molecule has 11 heavy (non-hydrogen) atoms. The van der Waals surface area contributed by atoms with Gasteiger partial charge in [0.15, 0.2) is 5.17 Å². The standard InChI is InChI=1S/C6H5Cl2N3/c7-5(11-6(8)9)4-2-1-3-10-4/h1-3,9-10H/b9-6?,11-5+. The molecule has 0 radical (unpaired) electrons. The van der Waals surface area contributed by atoms with E-state index in [-0.39, 0.29) is 10.5 Å². The third kappa shape index (κ3) is 2.37. The Bertz CT molecular complexity index is 276. The van der Waals surface area contributed by atoms with Crippen LogP contribution >= 0.6 is 23.2 Å². The van der Waals surface area contributed by atoms with Gasteiger partial charge in [0, 0.05) is 6.20 Å². The molecule has 0 spiro atoms. The molecule has 58 valence electrons. The molecular formula is C6H5Cl2N3. The number of aromatic nitrogens is 1. The van der Waals surface area contributed by atoms with Crippen molar-refractivity contribution in [3.05, 3.63) is 24.0 Å². The topological polar surface area (TPSA) is 52.0 Å². The fourth-order valence-electron chi connectivity index (χ4n) is 0.605. The molecule has 0 unspecified atom stereocenters. The number of nitrogens with one attached hydrogen (secondary N) is 2. The number of amidine groups is 1. The minimum Gasteiger partial charge on any atom is -0.359 e. The normalized spacial score (nSPS) is 11.6. The summed E-state index contributed by atoms with van der Waals surface area (Å²) in [6, 6.07) is 3.52. The smallest absolute Gasteiger partial charge is 0.216 e. The predicted octanol–water partition coefficient (Wildman–Crippen LogP) is 2.17. The highest BCUT2D eigenvalue weighted by Crippen LogP contribution is 2.02. The van der Waals surface area contributed by atoms with Crippen molar-refractivity contribution in [1.82, 2.24) is 4.98 Å². The van der Waals surface area contributed by atoms with Crippen LogP contribution in [0.15, 0.2) is 23.3 Å². The maximum Gasteiger partial charge on any atom is 0.216 e. The van der Waals surface area contributed by atoms with E-state index in [0.29, 0.717) is 5.69 Å². The Morgan fingerprint density at radius 3 is 2.73 bits per heavy atom. The fourth-order valence-corrected chi connectivity index (χ4v) is 0.935. The van der Waals surface area contributed by atoms with Gasteiger partial charge >= 0.3 is 0 Å². The van der Waals surface area contributed by atoms with Gasteiger partial charge in [-0.2, -0.15) is 0 Å². The molecular weight excluding hydrogens is 185 g/mol. The molecule has 5 heteroatoms. The molecule has 0 saturated heterocycles. The van der Waals surface area contributed by atoms with Gasteiger partial charge < -0.3 is 4.98 Å². The zero-order valence-electron chi connectivity index (χ0n) is 5.44. The molecule has 1 aromatic rings. The van der Waals surface area contributed by atoms with Crippen LogP contribution in [-0.4, -0.2) is 15.4 Å². The Morgan fingerprint density at radius 1 is 1.55 bits per heavy atom. The van der Waals surface area contributed by atoms with Gasteiger partial charge in [0.1, 0.15) is 0 Å². The van der Waals surface area contributed by atoms with Gasteiger partial charge in [-0.1, -0.05) is 11.6 Å². The van der Waals surface area contributed by atoms with Gasteiger partial charge in [-0.25, -0.2) is 4.99 Å². The van der Waals surface area contributed by atoms with Crippen LogP contribution in [0.25, 0.3) is 0 Å². The zero-order valence-corrected chi connectivity index (χ0v) is 6.95.